The number of hydrogen-bond acceptors (Lipinski definition) is 2. The molecule has 0 fully saturated rings. The molecular formula is C17H28N4S2. The zero-order valence-corrected chi connectivity index (χ0v) is 16.0. The number of aryl methyl sites for hydroxylation is 1. The molecule has 1 atom stereocenters. The van der Waals surface area contributed by atoms with Gasteiger partial charge < -0.3 is 10.6 Å². The van der Waals surface area contributed by atoms with Gasteiger partial charge in [0.2, 0.25) is 0 Å². The van der Waals surface area contributed by atoms with E-state index >= 15 is 0 Å². The Kier molecular flexibility index (Phi) is 8.87. The van der Waals surface area contributed by atoms with E-state index in [2.05, 4.69) is 42.3 Å². The molecule has 1 aromatic carbocycles. The summed E-state index contributed by atoms with van der Waals surface area (Å²) >= 11 is 10.5. The highest BCUT2D eigenvalue weighted by atomic mass is 32.1. The van der Waals surface area contributed by atoms with Gasteiger partial charge in [-0.15, -0.1) is 0 Å². The van der Waals surface area contributed by atoms with Crippen LogP contribution in [0.2, 0.25) is 0 Å². The summed E-state index contributed by atoms with van der Waals surface area (Å²) in [4.78, 5) is 0. The van der Waals surface area contributed by atoms with Gasteiger partial charge in [0.05, 0.1) is 0 Å². The lowest BCUT2D eigenvalue weighted by molar-refractivity contribution is 0.492. The molecule has 23 heavy (non-hydrogen) atoms. The van der Waals surface area contributed by atoms with Crippen LogP contribution in [0.25, 0.3) is 0 Å². The molecule has 128 valence electrons. The molecule has 0 aromatic heterocycles. The first-order valence-corrected chi connectivity index (χ1v) is 8.88. The summed E-state index contributed by atoms with van der Waals surface area (Å²) in [7, 11) is 0. The molecule has 0 saturated carbocycles. The third kappa shape index (κ3) is 9.36. The maximum absolute atomic E-state index is 5.26. The van der Waals surface area contributed by atoms with Crippen LogP contribution in [0.4, 0.5) is 5.69 Å². The van der Waals surface area contributed by atoms with Crippen molar-refractivity contribution in [2.75, 3.05) is 5.32 Å². The molecule has 1 rings (SSSR count). The Bertz CT molecular complexity index is 517. The predicted molar refractivity (Wildman–Crippen MR) is 108 cm³/mol. The Morgan fingerprint density at radius 2 is 1.74 bits per heavy atom. The summed E-state index contributed by atoms with van der Waals surface area (Å²) in [5.41, 5.74) is 7.94. The first-order chi connectivity index (χ1) is 10.9. The maximum atomic E-state index is 5.26. The van der Waals surface area contributed by atoms with Gasteiger partial charge in [0.25, 0.3) is 0 Å². The van der Waals surface area contributed by atoms with Crippen molar-refractivity contribution in [1.82, 2.24) is 16.2 Å². The van der Waals surface area contributed by atoms with Crippen molar-refractivity contribution in [3.05, 3.63) is 29.8 Å². The van der Waals surface area contributed by atoms with E-state index in [0.717, 1.165) is 18.0 Å². The Hall–Kier alpha value is -1.40. The highest BCUT2D eigenvalue weighted by molar-refractivity contribution is 7.80. The van der Waals surface area contributed by atoms with Crippen molar-refractivity contribution in [3.8, 4) is 0 Å². The van der Waals surface area contributed by atoms with Gasteiger partial charge in [-0.05, 0) is 68.3 Å². The number of hydrazine groups is 1. The lowest BCUT2D eigenvalue weighted by Crippen LogP contribution is -2.50. The largest absolute Gasteiger partial charge is 0.359 e. The average molecular weight is 353 g/mol. The third-order valence-corrected chi connectivity index (χ3v) is 3.79. The number of anilines is 1. The molecule has 6 heteroatoms. The van der Waals surface area contributed by atoms with Crippen LogP contribution in [0.15, 0.2) is 24.3 Å². The van der Waals surface area contributed by atoms with Gasteiger partial charge in [0.15, 0.2) is 10.2 Å². The fourth-order valence-electron chi connectivity index (χ4n) is 2.16. The summed E-state index contributed by atoms with van der Waals surface area (Å²) in [6.07, 6.45) is 3.55. The van der Waals surface area contributed by atoms with Crippen LogP contribution >= 0.6 is 24.4 Å². The molecule has 0 unspecified atom stereocenters. The van der Waals surface area contributed by atoms with Gasteiger partial charge in [-0.25, -0.2) is 0 Å². The van der Waals surface area contributed by atoms with E-state index in [4.69, 9.17) is 24.4 Å². The minimum atomic E-state index is 0.342. The number of benzene rings is 1. The standard InChI is InChI=1S/C17H28N4S2/c1-12(2)7-5-9-14(4)18-16(22)20-21-17(23)19-15-10-6-8-13(3)11-15/h6,8,10-12,14H,5,7,9H2,1-4H3,(H2,18,20,22)(H2,19,21,23)/t14-/m1/s1. The minimum absolute atomic E-state index is 0.342. The summed E-state index contributed by atoms with van der Waals surface area (Å²) in [5.74, 6) is 0.749. The predicted octanol–water partition coefficient (Wildman–Crippen LogP) is 3.88. The van der Waals surface area contributed by atoms with Gasteiger partial charge in [-0.2, -0.15) is 0 Å². The molecule has 0 aliphatic rings. The van der Waals surface area contributed by atoms with Crippen LogP contribution in [0.3, 0.4) is 0 Å². The van der Waals surface area contributed by atoms with Crippen molar-refractivity contribution in [2.24, 2.45) is 5.92 Å². The second-order valence-corrected chi connectivity index (χ2v) is 7.09. The SMILES string of the molecule is Cc1cccc(NC(=S)NNC(=S)N[C@H](C)CCCC(C)C)c1. The second-order valence-electron chi connectivity index (χ2n) is 6.27. The number of hydrogen-bond donors (Lipinski definition) is 4. The van der Waals surface area contributed by atoms with Crippen molar-refractivity contribution in [3.63, 3.8) is 0 Å². The van der Waals surface area contributed by atoms with E-state index in [0.29, 0.717) is 16.3 Å². The first kappa shape index (κ1) is 19.6. The highest BCUT2D eigenvalue weighted by Crippen LogP contribution is 2.09. The Morgan fingerprint density at radius 1 is 1.04 bits per heavy atom. The average Bonchev–Trinajstić information content (AvgIpc) is 2.44. The van der Waals surface area contributed by atoms with Crippen LogP contribution in [0.5, 0.6) is 0 Å². The van der Waals surface area contributed by atoms with Crippen molar-refractivity contribution < 1.29 is 0 Å². The zero-order chi connectivity index (χ0) is 17.2. The molecule has 0 bridgehead atoms. The molecule has 0 heterocycles. The zero-order valence-electron chi connectivity index (χ0n) is 14.4. The fraction of sp³-hybridized carbons (Fsp3) is 0.529. The van der Waals surface area contributed by atoms with Gasteiger partial charge in [-0.1, -0.05) is 38.8 Å². The molecule has 0 radical (unpaired) electrons. The molecule has 4 nitrogen and oxygen atoms in total. The van der Waals surface area contributed by atoms with Crippen LogP contribution in [0.1, 0.15) is 45.6 Å². The third-order valence-electron chi connectivity index (χ3n) is 3.36. The van der Waals surface area contributed by atoms with E-state index in [9.17, 15) is 0 Å². The molecular weight excluding hydrogens is 324 g/mol. The van der Waals surface area contributed by atoms with Crippen molar-refractivity contribution >= 4 is 40.3 Å². The number of nitrogens with one attached hydrogen (secondary N) is 4. The van der Waals surface area contributed by atoms with Crippen LogP contribution in [-0.2, 0) is 0 Å². The van der Waals surface area contributed by atoms with Crippen LogP contribution in [0, 0.1) is 12.8 Å². The van der Waals surface area contributed by atoms with Gasteiger partial charge in [0.1, 0.15) is 0 Å². The lowest BCUT2D eigenvalue weighted by atomic mass is 10.0. The van der Waals surface area contributed by atoms with E-state index in [1.807, 2.05) is 31.2 Å². The minimum Gasteiger partial charge on any atom is -0.359 e. The van der Waals surface area contributed by atoms with Gasteiger partial charge in [-0.3, -0.25) is 10.9 Å². The number of thiocarbonyl (C=S) groups is 2. The van der Waals surface area contributed by atoms with E-state index in [1.54, 1.807) is 0 Å². The van der Waals surface area contributed by atoms with Gasteiger partial charge >= 0.3 is 0 Å². The smallest absolute Gasteiger partial charge is 0.189 e. The van der Waals surface area contributed by atoms with Crippen molar-refractivity contribution in [2.45, 2.75) is 53.0 Å². The lowest BCUT2D eigenvalue weighted by Gasteiger charge is -2.18. The molecule has 0 spiro atoms. The molecule has 0 amide bonds. The molecule has 4 N–H and O–H groups in total. The Balaban J connectivity index is 2.23. The van der Waals surface area contributed by atoms with E-state index < -0.39 is 0 Å². The number of rotatable bonds is 6. The van der Waals surface area contributed by atoms with E-state index in [-0.39, 0.29) is 0 Å². The first-order valence-electron chi connectivity index (χ1n) is 8.07. The fourth-order valence-corrected chi connectivity index (χ4v) is 2.58. The normalized spacial score (nSPS) is 11.7. The second kappa shape index (κ2) is 10.4. The molecule has 1 aromatic rings. The van der Waals surface area contributed by atoms with Gasteiger partial charge in [0, 0.05) is 11.7 Å². The Morgan fingerprint density at radius 3 is 2.39 bits per heavy atom. The summed E-state index contributed by atoms with van der Waals surface area (Å²) in [6, 6.07) is 8.36. The summed E-state index contributed by atoms with van der Waals surface area (Å²) in [6.45, 7) is 8.67. The maximum Gasteiger partial charge on any atom is 0.189 e. The van der Waals surface area contributed by atoms with Crippen molar-refractivity contribution in [1.29, 1.82) is 0 Å². The summed E-state index contributed by atoms with van der Waals surface area (Å²) in [5, 5.41) is 7.39. The summed E-state index contributed by atoms with van der Waals surface area (Å²) < 4.78 is 0. The molecule has 0 aliphatic carbocycles. The quantitative estimate of drug-likeness (QED) is 0.460. The van der Waals surface area contributed by atoms with E-state index in [1.165, 1.54) is 18.4 Å². The molecule has 0 aliphatic heterocycles. The monoisotopic (exact) mass is 352 g/mol. The Labute approximate surface area is 150 Å². The topological polar surface area (TPSA) is 48.1 Å². The van der Waals surface area contributed by atoms with Crippen LogP contribution < -0.4 is 21.5 Å². The highest BCUT2D eigenvalue weighted by Gasteiger charge is 2.05. The molecule has 0 saturated heterocycles. The van der Waals surface area contributed by atoms with Crippen LogP contribution in [-0.4, -0.2) is 16.3 Å².